The zero-order valence-corrected chi connectivity index (χ0v) is 10.6. The monoisotopic (exact) mass is 202 g/mol. The summed E-state index contributed by atoms with van der Waals surface area (Å²) in [6.07, 6.45) is 1.79. The van der Waals surface area contributed by atoms with Crippen LogP contribution in [0.1, 0.15) is 12.8 Å². The Kier molecular flexibility index (Phi) is 7.48. The van der Waals surface area contributed by atoms with Crippen LogP contribution in [0.25, 0.3) is 0 Å². The van der Waals surface area contributed by atoms with Gasteiger partial charge in [-0.05, 0) is 12.8 Å². The molecular formula is C5H7KO2S2. The summed E-state index contributed by atoms with van der Waals surface area (Å²) in [5.74, 6) is 0.168. The van der Waals surface area contributed by atoms with Gasteiger partial charge in [0.25, 0.3) is 0 Å². The quantitative estimate of drug-likeness (QED) is 0.342. The minimum Gasteiger partial charge on any atom is -0.549 e. The van der Waals surface area contributed by atoms with Gasteiger partial charge in [0.15, 0.2) is 0 Å². The molecule has 1 atom stereocenters. The molecule has 52 valence electrons. The van der Waals surface area contributed by atoms with Gasteiger partial charge in [-0.1, -0.05) is 21.6 Å². The van der Waals surface area contributed by atoms with Crippen molar-refractivity contribution < 1.29 is 61.3 Å². The maximum atomic E-state index is 10.2. The Bertz CT molecular complexity index is 114. The first-order valence-corrected chi connectivity index (χ1v) is 5.18. The van der Waals surface area contributed by atoms with Crippen LogP contribution in [-0.2, 0) is 4.79 Å². The number of carbonyl (C=O) groups excluding carboxylic acids is 1. The Morgan fingerprint density at radius 2 is 2.30 bits per heavy atom. The van der Waals surface area contributed by atoms with E-state index in [1.807, 2.05) is 0 Å². The van der Waals surface area contributed by atoms with E-state index < -0.39 is 5.97 Å². The molecule has 1 rings (SSSR count). The molecule has 0 amide bonds. The Morgan fingerprint density at radius 3 is 2.60 bits per heavy atom. The number of rotatable bonds is 1. The third-order valence-electron chi connectivity index (χ3n) is 1.14. The zero-order valence-electron chi connectivity index (χ0n) is 5.83. The smallest absolute Gasteiger partial charge is 0.549 e. The molecule has 1 heterocycles. The van der Waals surface area contributed by atoms with Gasteiger partial charge < -0.3 is 9.90 Å². The Hall–Kier alpha value is 1.81. The summed E-state index contributed by atoms with van der Waals surface area (Å²) in [7, 11) is 3.05. The fourth-order valence-electron chi connectivity index (χ4n) is 0.663. The van der Waals surface area contributed by atoms with Crippen molar-refractivity contribution in [2.45, 2.75) is 18.1 Å². The number of hydrogen-bond donors (Lipinski definition) is 0. The van der Waals surface area contributed by atoms with Crippen molar-refractivity contribution in [2.75, 3.05) is 5.75 Å². The Balaban J connectivity index is 0.000000810. The Morgan fingerprint density at radius 1 is 1.60 bits per heavy atom. The van der Waals surface area contributed by atoms with Crippen LogP contribution in [0.2, 0.25) is 0 Å². The van der Waals surface area contributed by atoms with Gasteiger partial charge in [0, 0.05) is 5.75 Å². The molecule has 1 aliphatic heterocycles. The number of carboxylic acids is 1. The van der Waals surface area contributed by atoms with Crippen LogP contribution < -0.4 is 56.5 Å². The van der Waals surface area contributed by atoms with Gasteiger partial charge in [-0.2, -0.15) is 0 Å². The summed E-state index contributed by atoms with van der Waals surface area (Å²) >= 11 is 0. The normalized spacial score (nSPS) is 25.0. The minimum absolute atomic E-state index is 0. The average molecular weight is 202 g/mol. The van der Waals surface area contributed by atoms with Gasteiger partial charge in [-0.3, -0.25) is 0 Å². The standard InChI is InChI=1S/C5H8O2S2.K/c6-5(7)4-2-1-3-8-9-4;/h4H,1-3H2,(H,6,7);/q;+1/p-1. The number of carbonyl (C=O) groups is 1. The van der Waals surface area contributed by atoms with Crippen LogP contribution in [0, 0.1) is 0 Å². The summed E-state index contributed by atoms with van der Waals surface area (Å²) in [5, 5.41) is 9.95. The zero-order chi connectivity index (χ0) is 6.69. The number of hydrogen-bond acceptors (Lipinski definition) is 4. The van der Waals surface area contributed by atoms with E-state index in [9.17, 15) is 9.90 Å². The molecule has 0 bridgehead atoms. The first-order chi connectivity index (χ1) is 4.30. The van der Waals surface area contributed by atoms with Crippen molar-refractivity contribution in [1.82, 2.24) is 0 Å². The summed E-state index contributed by atoms with van der Waals surface area (Å²) in [4.78, 5) is 10.2. The van der Waals surface area contributed by atoms with Gasteiger partial charge in [0.05, 0.1) is 11.2 Å². The molecule has 10 heavy (non-hydrogen) atoms. The third kappa shape index (κ3) is 3.99. The fourth-order valence-corrected chi connectivity index (χ4v) is 3.21. The topological polar surface area (TPSA) is 40.1 Å². The molecule has 1 fully saturated rings. The molecular weight excluding hydrogens is 195 g/mol. The maximum absolute atomic E-state index is 10.2. The van der Waals surface area contributed by atoms with Crippen LogP contribution in [0.3, 0.4) is 0 Å². The van der Waals surface area contributed by atoms with Gasteiger partial charge in [-0.15, -0.1) is 0 Å². The second-order valence-corrected chi connectivity index (χ2v) is 4.56. The molecule has 1 unspecified atom stereocenters. The van der Waals surface area contributed by atoms with Crippen LogP contribution in [0.5, 0.6) is 0 Å². The summed E-state index contributed by atoms with van der Waals surface area (Å²) in [5.41, 5.74) is 0. The predicted molar refractivity (Wildman–Crippen MR) is 38.1 cm³/mol. The van der Waals surface area contributed by atoms with Crippen molar-refractivity contribution in [3.63, 3.8) is 0 Å². The van der Waals surface area contributed by atoms with Gasteiger partial charge in [0.2, 0.25) is 0 Å². The van der Waals surface area contributed by atoms with E-state index in [-0.39, 0.29) is 56.6 Å². The van der Waals surface area contributed by atoms with E-state index in [4.69, 9.17) is 0 Å². The average Bonchev–Trinajstić information content (AvgIpc) is 1.90. The number of carboxylic acid groups (broad SMARTS) is 1. The largest absolute Gasteiger partial charge is 1.00 e. The number of aliphatic carboxylic acids is 1. The molecule has 0 aromatic heterocycles. The summed E-state index contributed by atoms with van der Waals surface area (Å²) in [6.45, 7) is 0. The molecule has 0 spiro atoms. The molecule has 1 aliphatic rings. The molecule has 0 saturated carbocycles. The van der Waals surface area contributed by atoms with E-state index in [1.165, 1.54) is 10.8 Å². The van der Waals surface area contributed by atoms with E-state index in [1.54, 1.807) is 10.8 Å². The molecule has 0 aliphatic carbocycles. The van der Waals surface area contributed by atoms with Crippen molar-refractivity contribution in [3.05, 3.63) is 0 Å². The third-order valence-corrected chi connectivity index (χ3v) is 4.00. The van der Waals surface area contributed by atoms with E-state index in [0.717, 1.165) is 18.6 Å². The summed E-state index contributed by atoms with van der Waals surface area (Å²) < 4.78 is 0. The van der Waals surface area contributed by atoms with Crippen molar-refractivity contribution >= 4 is 27.6 Å². The molecule has 1 saturated heterocycles. The van der Waals surface area contributed by atoms with Gasteiger partial charge in [0.1, 0.15) is 0 Å². The SMILES string of the molecule is O=C([O-])C1CCCSS1.[K+]. The molecule has 5 heteroatoms. The van der Waals surface area contributed by atoms with E-state index in [0.29, 0.717) is 0 Å². The van der Waals surface area contributed by atoms with Gasteiger partial charge >= 0.3 is 51.4 Å². The Labute approximate surface area is 111 Å². The molecule has 0 N–H and O–H groups in total. The minimum atomic E-state index is -0.910. The van der Waals surface area contributed by atoms with E-state index >= 15 is 0 Å². The molecule has 0 aromatic rings. The van der Waals surface area contributed by atoms with Crippen molar-refractivity contribution in [3.8, 4) is 0 Å². The molecule has 0 aromatic carbocycles. The van der Waals surface area contributed by atoms with Crippen LogP contribution in [0.4, 0.5) is 0 Å². The van der Waals surface area contributed by atoms with Crippen LogP contribution in [-0.4, -0.2) is 17.0 Å². The van der Waals surface area contributed by atoms with Crippen molar-refractivity contribution in [2.24, 2.45) is 0 Å². The maximum Gasteiger partial charge on any atom is 1.00 e. The molecule has 2 nitrogen and oxygen atoms in total. The van der Waals surface area contributed by atoms with E-state index in [2.05, 4.69) is 0 Å². The molecule has 0 radical (unpaired) electrons. The van der Waals surface area contributed by atoms with Crippen LogP contribution in [0.15, 0.2) is 0 Å². The fraction of sp³-hybridized carbons (Fsp3) is 0.800. The first kappa shape index (κ1) is 11.8. The first-order valence-electron chi connectivity index (χ1n) is 2.80. The second-order valence-electron chi connectivity index (χ2n) is 1.87. The summed E-state index contributed by atoms with van der Waals surface area (Å²) in [6, 6.07) is 0. The predicted octanol–water partition coefficient (Wildman–Crippen LogP) is -2.72. The second kappa shape index (κ2) is 6.34. The van der Waals surface area contributed by atoms with Crippen LogP contribution >= 0.6 is 21.6 Å². The van der Waals surface area contributed by atoms with Crippen molar-refractivity contribution in [1.29, 1.82) is 0 Å². The van der Waals surface area contributed by atoms with Gasteiger partial charge in [-0.25, -0.2) is 0 Å².